The predicted molar refractivity (Wildman–Crippen MR) is 74.4 cm³/mol. The first-order valence-electron chi connectivity index (χ1n) is 6.09. The van der Waals surface area contributed by atoms with Gasteiger partial charge < -0.3 is 10.7 Å². The van der Waals surface area contributed by atoms with Gasteiger partial charge in [0.2, 0.25) is 0 Å². The fourth-order valence-corrected chi connectivity index (χ4v) is 3.12. The van der Waals surface area contributed by atoms with Crippen LogP contribution in [0.3, 0.4) is 0 Å². The third kappa shape index (κ3) is 3.61. The Morgan fingerprint density at radius 1 is 1.44 bits per heavy atom. The van der Waals surface area contributed by atoms with Gasteiger partial charge in [-0.15, -0.1) is 0 Å². The molecule has 0 aromatic carbocycles. The fraction of sp³-hybridized carbons (Fsp3) is 0.500. The number of hydrazine groups is 1. The largest absolute Gasteiger partial charge is 0.350 e. The summed E-state index contributed by atoms with van der Waals surface area (Å²) in [6.45, 7) is 0.737. The van der Waals surface area contributed by atoms with Crippen molar-refractivity contribution in [1.29, 1.82) is 0 Å². The van der Waals surface area contributed by atoms with E-state index in [1.165, 1.54) is 24.3 Å². The molecule has 0 atom stereocenters. The molecule has 2 rings (SSSR count). The van der Waals surface area contributed by atoms with Gasteiger partial charge in [-0.2, -0.15) is 11.8 Å². The average Bonchev–Trinajstić information content (AvgIpc) is 2.46. The molecular weight excluding hydrogens is 248 g/mol. The number of nitrogens with two attached hydrogens (primary N) is 1. The third-order valence-electron chi connectivity index (χ3n) is 3.02. The number of nitrogen functional groups attached to an aromatic ring is 1. The van der Waals surface area contributed by atoms with Crippen LogP contribution in [0.25, 0.3) is 0 Å². The highest BCUT2D eigenvalue weighted by Gasteiger charge is 2.15. The number of anilines is 1. The summed E-state index contributed by atoms with van der Waals surface area (Å²) in [4.78, 5) is 16.0. The Labute approximate surface area is 111 Å². The van der Waals surface area contributed by atoms with Crippen LogP contribution in [-0.2, 0) is 0 Å². The van der Waals surface area contributed by atoms with E-state index in [2.05, 4.69) is 15.7 Å². The van der Waals surface area contributed by atoms with Gasteiger partial charge in [0.1, 0.15) is 11.5 Å². The summed E-state index contributed by atoms with van der Waals surface area (Å²) < 4.78 is 0. The average molecular weight is 266 g/mol. The van der Waals surface area contributed by atoms with E-state index in [1.807, 2.05) is 11.8 Å². The van der Waals surface area contributed by atoms with Crippen molar-refractivity contribution in [3.8, 4) is 0 Å². The number of nitrogens with zero attached hydrogens (tertiary/aromatic N) is 1. The first kappa shape index (κ1) is 13.2. The molecule has 1 saturated heterocycles. The quantitative estimate of drug-likeness (QED) is 0.564. The zero-order valence-corrected chi connectivity index (χ0v) is 11.0. The number of pyridine rings is 1. The van der Waals surface area contributed by atoms with E-state index in [-0.39, 0.29) is 5.91 Å². The summed E-state index contributed by atoms with van der Waals surface area (Å²) in [5.74, 6) is 8.63. The van der Waals surface area contributed by atoms with Crippen molar-refractivity contribution in [1.82, 2.24) is 10.3 Å². The molecule has 18 heavy (non-hydrogen) atoms. The molecule has 4 N–H and O–H groups in total. The first-order valence-corrected chi connectivity index (χ1v) is 7.24. The lowest BCUT2D eigenvalue weighted by atomic mass is 10.0. The maximum atomic E-state index is 11.9. The Morgan fingerprint density at radius 3 is 2.94 bits per heavy atom. The van der Waals surface area contributed by atoms with Gasteiger partial charge in [0.05, 0.1) is 0 Å². The smallest absolute Gasteiger partial charge is 0.269 e. The SMILES string of the molecule is NNc1cccc(C(=O)NCC2CCSCC2)n1. The van der Waals surface area contributed by atoms with Crippen LogP contribution >= 0.6 is 11.8 Å². The number of hydrogen-bond acceptors (Lipinski definition) is 5. The molecule has 98 valence electrons. The van der Waals surface area contributed by atoms with Gasteiger partial charge in [-0.25, -0.2) is 10.8 Å². The number of nitrogens with one attached hydrogen (secondary N) is 2. The number of thioether (sulfide) groups is 1. The molecule has 1 aromatic rings. The van der Waals surface area contributed by atoms with Crippen LogP contribution in [-0.4, -0.2) is 28.9 Å². The molecule has 1 amide bonds. The summed E-state index contributed by atoms with van der Waals surface area (Å²) in [6, 6.07) is 5.16. The molecule has 0 saturated carbocycles. The van der Waals surface area contributed by atoms with Crippen LogP contribution < -0.4 is 16.6 Å². The summed E-state index contributed by atoms with van der Waals surface area (Å²) in [6.07, 6.45) is 2.37. The van der Waals surface area contributed by atoms with E-state index in [0.29, 0.717) is 17.4 Å². The molecule has 0 unspecified atom stereocenters. The molecule has 0 spiro atoms. The van der Waals surface area contributed by atoms with Crippen LogP contribution in [0.5, 0.6) is 0 Å². The number of hydrogen-bond donors (Lipinski definition) is 3. The maximum Gasteiger partial charge on any atom is 0.269 e. The minimum atomic E-state index is -0.134. The van der Waals surface area contributed by atoms with Gasteiger partial charge in [-0.05, 0) is 42.4 Å². The molecule has 6 heteroatoms. The van der Waals surface area contributed by atoms with E-state index in [9.17, 15) is 4.79 Å². The third-order valence-corrected chi connectivity index (χ3v) is 4.07. The van der Waals surface area contributed by atoms with Gasteiger partial charge in [0, 0.05) is 6.54 Å². The van der Waals surface area contributed by atoms with Crippen molar-refractivity contribution in [2.75, 3.05) is 23.5 Å². The maximum absolute atomic E-state index is 11.9. The fourth-order valence-electron chi connectivity index (χ4n) is 1.92. The monoisotopic (exact) mass is 266 g/mol. The van der Waals surface area contributed by atoms with Crippen LogP contribution in [0.2, 0.25) is 0 Å². The van der Waals surface area contributed by atoms with Crippen molar-refractivity contribution >= 4 is 23.5 Å². The lowest BCUT2D eigenvalue weighted by molar-refractivity contribution is 0.0941. The molecule has 1 fully saturated rings. The van der Waals surface area contributed by atoms with Crippen molar-refractivity contribution < 1.29 is 4.79 Å². The standard InChI is InChI=1S/C12H18N4OS/c13-16-11-3-1-2-10(15-11)12(17)14-8-9-4-6-18-7-5-9/h1-3,9H,4-8,13H2,(H,14,17)(H,15,16). The highest BCUT2D eigenvalue weighted by molar-refractivity contribution is 7.99. The summed E-state index contributed by atoms with van der Waals surface area (Å²) in [5, 5.41) is 2.94. The normalized spacial score (nSPS) is 16.3. The molecule has 0 aliphatic carbocycles. The molecule has 1 aliphatic heterocycles. The molecule has 0 radical (unpaired) electrons. The van der Waals surface area contributed by atoms with E-state index in [0.717, 1.165) is 6.54 Å². The zero-order chi connectivity index (χ0) is 12.8. The summed E-state index contributed by atoms with van der Waals surface area (Å²) in [5.41, 5.74) is 2.83. The van der Waals surface area contributed by atoms with Gasteiger partial charge in [0.25, 0.3) is 5.91 Å². The van der Waals surface area contributed by atoms with Crippen molar-refractivity contribution in [3.63, 3.8) is 0 Å². The van der Waals surface area contributed by atoms with Crippen molar-refractivity contribution in [2.24, 2.45) is 11.8 Å². The van der Waals surface area contributed by atoms with Crippen LogP contribution in [0, 0.1) is 5.92 Å². The van der Waals surface area contributed by atoms with E-state index in [1.54, 1.807) is 18.2 Å². The molecule has 5 nitrogen and oxygen atoms in total. The predicted octanol–water partition coefficient (Wildman–Crippen LogP) is 1.24. The van der Waals surface area contributed by atoms with Gasteiger partial charge in [0.15, 0.2) is 0 Å². The lowest BCUT2D eigenvalue weighted by Gasteiger charge is -2.21. The molecule has 0 bridgehead atoms. The molecule has 1 aromatic heterocycles. The molecular formula is C12H18N4OS. The van der Waals surface area contributed by atoms with Crippen LogP contribution in [0.1, 0.15) is 23.3 Å². The Hall–Kier alpha value is -1.27. The van der Waals surface area contributed by atoms with Gasteiger partial charge in [-0.3, -0.25) is 4.79 Å². The number of carbonyl (C=O) groups excluding carboxylic acids is 1. The minimum Gasteiger partial charge on any atom is -0.350 e. The highest BCUT2D eigenvalue weighted by Crippen LogP contribution is 2.21. The summed E-state index contributed by atoms with van der Waals surface area (Å²) in [7, 11) is 0. The summed E-state index contributed by atoms with van der Waals surface area (Å²) >= 11 is 1.99. The Bertz CT molecular complexity index is 407. The second-order valence-corrected chi connectivity index (χ2v) is 5.54. The number of aromatic nitrogens is 1. The number of amides is 1. The van der Waals surface area contributed by atoms with Gasteiger partial charge in [-0.1, -0.05) is 6.07 Å². The van der Waals surface area contributed by atoms with Crippen LogP contribution in [0.15, 0.2) is 18.2 Å². The molecule has 1 aliphatic rings. The highest BCUT2D eigenvalue weighted by atomic mass is 32.2. The number of rotatable bonds is 4. The second kappa shape index (κ2) is 6.61. The Morgan fingerprint density at radius 2 is 2.22 bits per heavy atom. The van der Waals surface area contributed by atoms with Crippen molar-refractivity contribution in [2.45, 2.75) is 12.8 Å². The van der Waals surface area contributed by atoms with Crippen molar-refractivity contribution in [3.05, 3.63) is 23.9 Å². The zero-order valence-electron chi connectivity index (χ0n) is 10.2. The van der Waals surface area contributed by atoms with E-state index < -0.39 is 0 Å². The topological polar surface area (TPSA) is 80.0 Å². The second-order valence-electron chi connectivity index (χ2n) is 4.32. The molecule has 2 heterocycles. The lowest BCUT2D eigenvalue weighted by Crippen LogP contribution is -2.31. The van der Waals surface area contributed by atoms with Gasteiger partial charge >= 0.3 is 0 Å². The Kier molecular flexibility index (Phi) is 4.83. The minimum absolute atomic E-state index is 0.134. The van der Waals surface area contributed by atoms with E-state index >= 15 is 0 Å². The van der Waals surface area contributed by atoms with Crippen LogP contribution in [0.4, 0.5) is 5.82 Å². The number of carbonyl (C=O) groups is 1. The Balaban J connectivity index is 1.86. The van der Waals surface area contributed by atoms with E-state index in [4.69, 9.17) is 5.84 Å². The first-order chi connectivity index (χ1) is 8.79.